The number of aryl methyl sites for hydroxylation is 1. The first-order chi connectivity index (χ1) is 7.94. The molecular weight excluding hydrogens is 231 g/mol. The lowest BCUT2D eigenvalue weighted by Gasteiger charge is -2.07. The Morgan fingerprint density at radius 1 is 1.41 bits per heavy atom. The largest absolute Gasteiger partial charge is 0.389 e. The summed E-state index contributed by atoms with van der Waals surface area (Å²) in [4.78, 5) is 15.6. The van der Waals surface area contributed by atoms with Gasteiger partial charge in [0, 0.05) is 19.0 Å². The molecule has 1 rings (SSSR count). The van der Waals surface area contributed by atoms with Gasteiger partial charge in [0.1, 0.15) is 5.69 Å². The predicted molar refractivity (Wildman–Crippen MR) is 57.9 cm³/mol. The van der Waals surface area contributed by atoms with Crippen LogP contribution in [0.2, 0.25) is 0 Å². The van der Waals surface area contributed by atoms with Gasteiger partial charge < -0.3 is 0 Å². The van der Waals surface area contributed by atoms with E-state index >= 15 is 0 Å². The highest BCUT2D eigenvalue weighted by atomic mass is 19.4. The normalized spacial score (nSPS) is 11.5. The summed E-state index contributed by atoms with van der Waals surface area (Å²) < 4.78 is 35.8. The van der Waals surface area contributed by atoms with Crippen LogP contribution in [0.25, 0.3) is 0 Å². The number of hydrogen-bond acceptors (Lipinski definition) is 2. The molecule has 0 saturated carbocycles. The first-order valence-corrected chi connectivity index (χ1v) is 5.48. The first-order valence-electron chi connectivity index (χ1n) is 5.48. The minimum Gasteiger partial charge on any atom is -0.292 e. The van der Waals surface area contributed by atoms with Gasteiger partial charge in [-0.3, -0.25) is 9.78 Å². The maximum Gasteiger partial charge on any atom is 0.389 e. The van der Waals surface area contributed by atoms with Gasteiger partial charge in [-0.2, -0.15) is 13.2 Å². The summed E-state index contributed by atoms with van der Waals surface area (Å²) in [6.45, 7) is 1.88. The van der Waals surface area contributed by atoms with Gasteiger partial charge in [0.05, 0.1) is 0 Å². The SMILES string of the molecule is CCc1cccnc1C(=O)CCCC(F)(F)F. The predicted octanol–water partition coefficient (Wildman–Crippen LogP) is 3.56. The van der Waals surface area contributed by atoms with Crippen LogP contribution in [0.15, 0.2) is 18.3 Å². The number of rotatable bonds is 5. The van der Waals surface area contributed by atoms with Crippen molar-refractivity contribution in [2.75, 3.05) is 0 Å². The van der Waals surface area contributed by atoms with Crippen molar-refractivity contribution < 1.29 is 18.0 Å². The molecule has 1 heterocycles. The average molecular weight is 245 g/mol. The van der Waals surface area contributed by atoms with E-state index in [1.807, 2.05) is 6.92 Å². The fourth-order valence-electron chi connectivity index (χ4n) is 1.54. The molecule has 0 N–H and O–H groups in total. The number of alkyl halides is 3. The van der Waals surface area contributed by atoms with Crippen molar-refractivity contribution in [2.45, 2.75) is 38.8 Å². The standard InChI is InChI=1S/C12H14F3NO/c1-2-9-5-4-8-16-11(9)10(17)6-3-7-12(13,14)15/h4-5,8H,2-3,6-7H2,1H3. The van der Waals surface area contributed by atoms with Crippen LogP contribution in [0.5, 0.6) is 0 Å². The van der Waals surface area contributed by atoms with Crippen molar-refractivity contribution >= 4 is 5.78 Å². The van der Waals surface area contributed by atoms with Crippen molar-refractivity contribution in [1.82, 2.24) is 4.98 Å². The van der Waals surface area contributed by atoms with E-state index in [9.17, 15) is 18.0 Å². The highest BCUT2D eigenvalue weighted by Gasteiger charge is 2.26. The smallest absolute Gasteiger partial charge is 0.292 e. The van der Waals surface area contributed by atoms with Crippen LogP contribution in [0.4, 0.5) is 13.2 Å². The van der Waals surface area contributed by atoms with Crippen molar-refractivity contribution in [1.29, 1.82) is 0 Å². The minimum absolute atomic E-state index is 0.108. The molecule has 94 valence electrons. The Kier molecular flexibility index (Phi) is 4.66. The molecule has 0 bridgehead atoms. The number of halogens is 3. The van der Waals surface area contributed by atoms with E-state index in [0.29, 0.717) is 12.1 Å². The molecule has 0 aliphatic carbocycles. The molecule has 0 aliphatic heterocycles. The molecule has 1 aromatic rings. The summed E-state index contributed by atoms with van der Waals surface area (Å²) >= 11 is 0. The Morgan fingerprint density at radius 2 is 2.12 bits per heavy atom. The van der Waals surface area contributed by atoms with Crippen LogP contribution < -0.4 is 0 Å². The van der Waals surface area contributed by atoms with E-state index in [2.05, 4.69) is 4.98 Å². The molecule has 0 aromatic carbocycles. The number of ketones is 1. The van der Waals surface area contributed by atoms with E-state index in [-0.39, 0.29) is 18.6 Å². The first kappa shape index (κ1) is 13.7. The third kappa shape index (κ3) is 4.54. The lowest BCUT2D eigenvalue weighted by atomic mass is 10.0. The van der Waals surface area contributed by atoms with Crippen LogP contribution in [0.3, 0.4) is 0 Å². The second kappa shape index (κ2) is 5.80. The maximum atomic E-state index is 11.9. The van der Waals surface area contributed by atoms with Crippen molar-refractivity contribution in [3.8, 4) is 0 Å². The maximum absolute atomic E-state index is 11.9. The molecule has 5 heteroatoms. The summed E-state index contributed by atoms with van der Waals surface area (Å²) in [5.41, 5.74) is 1.08. The number of carbonyl (C=O) groups is 1. The highest BCUT2D eigenvalue weighted by molar-refractivity contribution is 5.95. The zero-order valence-electron chi connectivity index (χ0n) is 9.55. The second-order valence-corrected chi connectivity index (χ2v) is 3.76. The number of Topliss-reactive ketones (excluding diaryl/α,β-unsaturated/α-hetero) is 1. The highest BCUT2D eigenvalue weighted by Crippen LogP contribution is 2.23. The Hall–Kier alpha value is -1.39. The van der Waals surface area contributed by atoms with Gasteiger partial charge in [-0.05, 0) is 24.5 Å². The van der Waals surface area contributed by atoms with Gasteiger partial charge in [0.25, 0.3) is 0 Å². The molecule has 17 heavy (non-hydrogen) atoms. The fraction of sp³-hybridized carbons (Fsp3) is 0.500. The topological polar surface area (TPSA) is 30.0 Å². The van der Waals surface area contributed by atoms with E-state index in [4.69, 9.17) is 0 Å². The number of nitrogens with zero attached hydrogens (tertiary/aromatic N) is 1. The molecule has 0 saturated heterocycles. The number of hydrogen-bond donors (Lipinski definition) is 0. The number of aromatic nitrogens is 1. The van der Waals surface area contributed by atoms with Gasteiger partial charge in [-0.15, -0.1) is 0 Å². The molecule has 1 aromatic heterocycles. The quantitative estimate of drug-likeness (QED) is 0.742. The average Bonchev–Trinajstić information content (AvgIpc) is 2.27. The minimum atomic E-state index is -4.20. The van der Waals surface area contributed by atoms with E-state index in [1.54, 1.807) is 12.1 Å². The summed E-state index contributed by atoms with van der Waals surface area (Å²) in [5.74, 6) is -0.313. The van der Waals surface area contributed by atoms with E-state index in [0.717, 1.165) is 5.56 Å². The Morgan fingerprint density at radius 3 is 2.71 bits per heavy atom. The van der Waals surface area contributed by atoms with Crippen LogP contribution in [-0.4, -0.2) is 16.9 Å². The third-order valence-corrected chi connectivity index (χ3v) is 2.40. The van der Waals surface area contributed by atoms with Crippen LogP contribution >= 0.6 is 0 Å². The lowest BCUT2D eigenvalue weighted by molar-refractivity contribution is -0.135. The van der Waals surface area contributed by atoms with Crippen molar-refractivity contribution in [3.05, 3.63) is 29.6 Å². The fourth-order valence-corrected chi connectivity index (χ4v) is 1.54. The van der Waals surface area contributed by atoms with Gasteiger partial charge >= 0.3 is 6.18 Å². The molecule has 0 amide bonds. The summed E-state index contributed by atoms with van der Waals surface area (Å²) in [5, 5.41) is 0. The van der Waals surface area contributed by atoms with Crippen molar-refractivity contribution in [3.63, 3.8) is 0 Å². The Labute approximate surface area is 97.9 Å². The van der Waals surface area contributed by atoms with Gasteiger partial charge in [-0.1, -0.05) is 13.0 Å². The van der Waals surface area contributed by atoms with Gasteiger partial charge in [-0.25, -0.2) is 0 Å². The third-order valence-electron chi connectivity index (χ3n) is 2.40. The summed E-state index contributed by atoms with van der Waals surface area (Å²) in [6.07, 6.45) is -3.28. The van der Waals surface area contributed by atoms with Crippen LogP contribution in [0.1, 0.15) is 42.2 Å². The molecule has 0 atom stereocenters. The monoisotopic (exact) mass is 245 g/mol. The van der Waals surface area contributed by atoms with E-state index < -0.39 is 12.6 Å². The van der Waals surface area contributed by atoms with Gasteiger partial charge in [0.15, 0.2) is 5.78 Å². The molecule has 0 spiro atoms. The Balaban J connectivity index is 2.58. The van der Waals surface area contributed by atoms with Crippen molar-refractivity contribution in [2.24, 2.45) is 0 Å². The number of carbonyl (C=O) groups excluding carboxylic acids is 1. The molecular formula is C12H14F3NO. The molecule has 2 nitrogen and oxygen atoms in total. The molecule has 0 radical (unpaired) electrons. The van der Waals surface area contributed by atoms with E-state index in [1.165, 1.54) is 6.20 Å². The lowest BCUT2D eigenvalue weighted by Crippen LogP contribution is -2.10. The Bertz CT molecular complexity index is 388. The zero-order chi connectivity index (χ0) is 12.9. The van der Waals surface area contributed by atoms with Crippen LogP contribution in [0, 0.1) is 0 Å². The molecule has 0 fully saturated rings. The van der Waals surface area contributed by atoms with Gasteiger partial charge in [0.2, 0.25) is 0 Å². The summed E-state index contributed by atoms with van der Waals surface area (Å²) in [7, 11) is 0. The number of pyridine rings is 1. The molecule has 0 unspecified atom stereocenters. The summed E-state index contributed by atoms with van der Waals surface area (Å²) in [6, 6.07) is 3.48. The second-order valence-electron chi connectivity index (χ2n) is 3.76. The van der Waals surface area contributed by atoms with Crippen LogP contribution in [-0.2, 0) is 6.42 Å². The zero-order valence-corrected chi connectivity index (χ0v) is 9.55. The molecule has 0 aliphatic rings.